The van der Waals surface area contributed by atoms with E-state index in [0.29, 0.717) is 39.4 Å². The van der Waals surface area contributed by atoms with Crippen LogP contribution in [0.2, 0.25) is 0 Å². The van der Waals surface area contributed by atoms with Crippen LogP contribution >= 0.6 is 0 Å². The molecule has 1 aromatic heterocycles. The molecule has 0 spiro atoms. The predicted octanol–water partition coefficient (Wildman–Crippen LogP) is 5.31. The number of furan rings is 1. The zero-order valence-corrected chi connectivity index (χ0v) is 18.6. The van der Waals surface area contributed by atoms with Crippen LogP contribution < -0.4 is 20.1 Å². The quantitative estimate of drug-likeness (QED) is 0.358. The highest BCUT2D eigenvalue weighted by Gasteiger charge is 2.22. The smallest absolute Gasteiger partial charge is 0.293 e. The third-order valence-corrected chi connectivity index (χ3v) is 5.21. The SMILES string of the molecule is COc1ccc(C(=O)CNc2c(C(=O)Nc3cccc(C)c3)oc3ccccc23)cc1OC. The zero-order chi connectivity index (χ0) is 23.4. The molecule has 0 unspecified atom stereocenters. The van der Waals surface area contributed by atoms with Crippen LogP contribution in [0.4, 0.5) is 11.4 Å². The zero-order valence-electron chi connectivity index (χ0n) is 18.6. The van der Waals surface area contributed by atoms with Crippen molar-refractivity contribution < 1.29 is 23.5 Å². The number of para-hydroxylation sites is 1. The van der Waals surface area contributed by atoms with E-state index in [1.54, 1.807) is 30.3 Å². The summed E-state index contributed by atoms with van der Waals surface area (Å²) in [5.41, 5.74) is 3.15. The standard InChI is InChI=1S/C26H24N2O5/c1-16-7-6-8-18(13-16)28-26(30)25-24(19-9-4-5-10-21(19)33-25)27-15-20(29)17-11-12-22(31-2)23(14-17)32-3/h4-14,27H,15H2,1-3H3,(H,28,30). The minimum absolute atomic E-state index is 0.0380. The number of ketones is 1. The normalized spacial score (nSPS) is 10.6. The molecule has 0 atom stereocenters. The van der Waals surface area contributed by atoms with Gasteiger partial charge in [0, 0.05) is 16.6 Å². The van der Waals surface area contributed by atoms with Gasteiger partial charge >= 0.3 is 0 Å². The van der Waals surface area contributed by atoms with Gasteiger partial charge in [-0.2, -0.15) is 0 Å². The number of methoxy groups -OCH3 is 2. The van der Waals surface area contributed by atoms with Crippen molar-refractivity contribution in [1.29, 1.82) is 0 Å². The molecular formula is C26H24N2O5. The average molecular weight is 444 g/mol. The molecule has 168 valence electrons. The molecular weight excluding hydrogens is 420 g/mol. The first-order valence-electron chi connectivity index (χ1n) is 10.4. The molecule has 0 saturated heterocycles. The van der Waals surface area contributed by atoms with Crippen LogP contribution in [0.3, 0.4) is 0 Å². The monoisotopic (exact) mass is 444 g/mol. The van der Waals surface area contributed by atoms with Crippen LogP contribution in [0.1, 0.15) is 26.5 Å². The molecule has 33 heavy (non-hydrogen) atoms. The van der Waals surface area contributed by atoms with E-state index >= 15 is 0 Å². The van der Waals surface area contributed by atoms with E-state index in [-0.39, 0.29) is 18.1 Å². The maximum Gasteiger partial charge on any atom is 0.293 e. The maximum atomic E-state index is 13.0. The molecule has 1 heterocycles. The third-order valence-electron chi connectivity index (χ3n) is 5.21. The van der Waals surface area contributed by atoms with Gasteiger partial charge in [0.2, 0.25) is 5.76 Å². The molecule has 3 aromatic carbocycles. The van der Waals surface area contributed by atoms with Crippen LogP contribution in [0.25, 0.3) is 11.0 Å². The van der Waals surface area contributed by atoms with Crippen molar-refractivity contribution in [1.82, 2.24) is 0 Å². The fourth-order valence-electron chi connectivity index (χ4n) is 3.57. The first-order valence-corrected chi connectivity index (χ1v) is 10.4. The molecule has 7 nitrogen and oxygen atoms in total. The number of benzene rings is 3. The van der Waals surface area contributed by atoms with Crippen molar-refractivity contribution in [2.45, 2.75) is 6.92 Å². The lowest BCUT2D eigenvalue weighted by Gasteiger charge is -2.10. The maximum absolute atomic E-state index is 13.0. The van der Waals surface area contributed by atoms with E-state index in [2.05, 4.69) is 10.6 Å². The summed E-state index contributed by atoms with van der Waals surface area (Å²) in [6.07, 6.45) is 0. The summed E-state index contributed by atoms with van der Waals surface area (Å²) in [5.74, 6) is 0.537. The number of anilines is 2. The number of carbonyl (C=O) groups excluding carboxylic acids is 2. The second-order valence-electron chi connectivity index (χ2n) is 7.47. The Kier molecular flexibility index (Phi) is 6.31. The van der Waals surface area contributed by atoms with Crippen LogP contribution in [0.15, 0.2) is 71.1 Å². The van der Waals surface area contributed by atoms with Crippen molar-refractivity contribution >= 4 is 34.0 Å². The van der Waals surface area contributed by atoms with Gasteiger partial charge in [-0.25, -0.2) is 0 Å². The summed E-state index contributed by atoms with van der Waals surface area (Å²) in [7, 11) is 3.05. The van der Waals surface area contributed by atoms with Gasteiger partial charge < -0.3 is 24.5 Å². The van der Waals surface area contributed by atoms with E-state index in [4.69, 9.17) is 13.9 Å². The Balaban J connectivity index is 1.59. The predicted molar refractivity (Wildman–Crippen MR) is 128 cm³/mol. The van der Waals surface area contributed by atoms with Crippen LogP contribution in [-0.2, 0) is 0 Å². The molecule has 4 rings (SSSR count). The van der Waals surface area contributed by atoms with E-state index < -0.39 is 5.91 Å². The number of fused-ring (bicyclic) bond motifs is 1. The van der Waals surface area contributed by atoms with E-state index in [1.807, 2.05) is 43.3 Å². The third kappa shape index (κ3) is 4.67. The van der Waals surface area contributed by atoms with Gasteiger partial charge in [-0.15, -0.1) is 0 Å². The summed E-state index contributed by atoms with van der Waals surface area (Å²) >= 11 is 0. The molecule has 0 aliphatic heterocycles. The van der Waals surface area contributed by atoms with Crippen LogP contribution in [0.5, 0.6) is 11.5 Å². The Hall–Kier alpha value is -4.26. The Labute approximate surface area is 191 Å². The first-order chi connectivity index (χ1) is 16.0. The van der Waals surface area contributed by atoms with Gasteiger partial charge in [0.05, 0.1) is 26.5 Å². The molecule has 0 fully saturated rings. The summed E-state index contributed by atoms with van der Waals surface area (Å²) in [4.78, 5) is 25.9. The second kappa shape index (κ2) is 9.48. The van der Waals surface area contributed by atoms with Gasteiger partial charge in [-0.3, -0.25) is 9.59 Å². The minimum atomic E-state index is -0.405. The van der Waals surface area contributed by atoms with Crippen molar-refractivity contribution in [2.75, 3.05) is 31.4 Å². The topological polar surface area (TPSA) is 89.8 Å². The minimum Gasteiger partial charge on any atom is -0.493 e. The summed E-state index contributed by atoms with van der Waals surface area (Å²) in [5, 5.41) is 6.68. The number of Topliss-reactive ketones (excluding diaryl/α,β-unsaturated/α-hetero) is 1. The highest BCUT2D eigenvalue weighted by atomic mass is 16.5. The molecule has 4 aromatic rings. The van der Waals surface area contributed by atoms with Gasteiger partial charge in [-0.1, -0.05) is 24.3 Å². The Morgan fingerprint density at radius 3 is 2.45 bits per heavy atom. The number of amides is 1. The van der Waals surface area contributed by atoms with Crippen molar-refractivity contribution in [2.24, 2.45) is 0 Å². The van der Waals surface area contributed by atoms with Crippen LogP contribution in [-0.4, -0.2) is 32.5 Å². The van der Waals surface area contributed by atoms with Gasteiger partial charge in [-0.05, 0) is 55.0 Å². The number of rotatable bonds is 8. The number of carbonyl (C=O) groups is 2. The number of ether oxygens (including phenoxy) is 2. The number of hydrogen-bond donors (Lipinski definition) is 2. The Bertz CT molecular complexity index is 1330. The highest BCUT2D eigenvalue weighted by Crippen LogP contribution is 2.32. The first kappa shape index (κ1) is 22.0. The van der Waals surface area contributed by atoms with E-state index in [0.717, 1.165) is 5.56 Å². The largest absolute Gasteiger partial charge is 0.493 e. The molecule has 7 heteroatoms. The number of nitrogens with one attached hydrogen (secondary N) is 2. The van der Waals surface area contributed by atoms with Crippen molar-refractivity contribution in [3.05, 3.63) is 83.6 Å². The molecule has 0 bridgehead atoms. The molecule has 0 aliphatic rings. The molecule has 0 radical (unpaired) electrons. The lowest BCUT2D eigenvalue weighted by Crippen LogP contribution is -2.18. The van der Waals surface area contributed by atoms with Crippen molar-refractivity contribution in [3.63, 3.8) is 0 Å². The Morgan fingerprint density at radius 1 is 0.909 bits per heavy atom. The lowest BCUT2D eigenvalue weighted by molar-refractivity contribution is 0.0990. The number of aryl methyl sites for hydroxylation is 1. The lowest BCUT2D eigenvalue weighted by atomic mass is 10.1. The highest BCUT2D eigenvalue weighted by molar-refractivity contribution is 6.12. The van der Waals surface area contributed by atoms with Crippen LogP contribution in [0, 0.1) is 6.92 Å². The summed E-state index contributed by atoms with van der Waals surface area (Å²) in [6, 6.07) is 19.8. The molecule has 0 saturated carbocycles. The van der Waals surface area contributed by atoms with Gasteiger partial charge in [0.1, 0.15) is 5.58 Å². The van der Waals surface area contributed by atoms with E-state index in [1.165, 1.54) is 14.2 Å². The second-order valence-corrected chi connectivity index (χ2v) is 7.47. The van der Waals surface area contributed by atoms with Crippen molar-refractivity contribution in [3.8, 4) is 11.5 Å². The molecule has 0 aliphatic carbocycles. The Morgan fingerprint density at radius 2 is 1.70 bits per heavy atom. The summed E-state index contributed by atoms with van der Waals surface area (Å²) < 4.78 is 16.4. The molecule has 1 amide bonds. The average Bonchev–Trinajstić information content (AvgIpc) is 3.21. The fourth-order valence-corrected chi connectivity index (χ4v) is 3.57. The molecule has 2 N–H and O–H groups in total. The van der Waals surface area contributed by atoms with Gasteiger partial charge in [0.25, 0.3) is 5.91 Å². The summed E-state index contributed by atoms with van der Waals surface area (Å²) in [6.45, 7) is 1.91. The van der Waals surface area contributed by atoms with Gasteiger partial charge in [0.15, 0.2) is 17.3 Å². The fraction of sp³-hybridized carbons (Fsp3) is 0.154. The number of hydrogen-bond acceptors (Lipinski definition) is 6. The van der Waals surface area contributed by atoms with E-state index in [9.17, 15) is 9.59 Å².